The molecule has 0 spiro atoms. The molecule has 14 heteroatoms. The number of carbonyl (C=O) groups excluding carboxylic acids is 4. The number of piperazine rings is 1. The van der Waals surface area contributed by atoms with Crippen LogP contribution >= 0.6 is 0 Å². The maximum atomic E-state index is 15.8. The fourth-order valence-corrected chi connectivity index (χ4v) is 7.15. The summed E-state index contributed by atoms with van der Waals surface area (Å²) in [6, 6.07) is 6.01. The molecule has 0 unspecified atom stereocenters. The molecule has 4 amide bonds. The van der Waals surface area contributed by atoms with Crippen molar-refractivity contribution < 1.29 is 23.6 Å². The van der Waals surface area contributed by atoms with Gasteiger partial charge in [0.15, 0.2) is 0 Å². The lowest BCUT2D eigenvalue weighted by Gasteiger charge is -2.35. The third kappa shape index (κ3) is 8.66. The van der Waals surface area contributed by atoms with Gasteiger partial charge in [0.05, 0.1) is 11.7 Å². The Morgan fingerprint density at radius 1 is 0.863 bits per heavy atom. The van der Waals surface area contributed by atoms with Crippen LogP contribution in [-0.2, 0) is 16.0 Å². The summed E-state index contributed by atoms with van der Waals surface area (Å²) in [5.41, 5.74) is 1.20. The molecule has 1 aromatic carbocycles. The number of nitrogens with one attached hydrogen (secondary N) is 3. The molecule has 2 aliphatic carbocycles. The first-order valence-electron chi connectivity index (χ1n) is 18.2. The fourth-order valence-electron chi connectivity index (χ4n) is 7.15. The van der Waals surface area contributed by atoms with E-state index in [0.29, 0.717) is 49.0 Å². The number of halogens is 1. The van der Waals surface area contributed by atoms with Crippen LogP contribution in [0.15, 0.2) is 42.7 Å². The van der Waals surface area contributed by atoms with Crippen LogP contribution in [0.3, 0.4) is 0 Å². The Labute approximate surface area is 298 Å². The predicted molar refractivity (Wildman–Crippen MR) is 190 cm³/mol. The van der Waals surface area contributed by atoms with Gasteiger partial charge in [-0.05, 0) is 88.2 Å². The van der Waals surface area contributed by atoms with Crippen molar-refractivity contribution in [2.75, 3.05) is 38.5 Å². The van der Waals surface area contributed by atoms with E-state index in [-0.39, 0.29) is 36.0 Å². The highest BCUT2D eigenvalue weighted by molar-refractivity contribution is 6.01. The summed E-state index contributed by atoms with van der Waals surface area (Å²) < 4.78 is 19.1. The van der Waals surface area contributed by atoms with Crippen molar-refractivity contribution in [3.63, 3.8) is 0 Å². The van der Waals surface area contributed by atoms with E-state index in [1.165, 1.54) is 12.1 Å². The first-order valence-corrected chi connectivity index (χ1v) is 18.2. The summed E-state index contributed by atoms with van der Waals surface area (Å²) in [7, 11) is 2.00. The van der Waals surface area contributed by atoms with Crippen molar-refractivity contribution >= 4 is 29.3 Å². The van der Waals surface area contributed by atoms with Gasteiger partial charge >= 0.3 is 0 Å². The Morgan fingerprint density at radius 2 is 1.53 bits per heavy atom. The molecule has 3 fully saturated rings. The Morgan fingerprint density at radius 3 is 2.20 bits per heavy atom. The van der Waals surface area contributed by atoms with Gasteiger partial charge in [0, 0.05) is 51.0 Å². The molecule has 3 N–H and O–H groups in total. The van der Waals surface area contributed by atoms with Crippen molar-refractivity contribution in [3.8, 4) is 0 Å². The molecule has 0 bridgehead atoms. The second kappa shape index (κ2) is 15.7. The monoisotopic (exact) mass is 703 g/mol. The normalized spacial score (nSPS) is 20.9. The number of nitrogens with zero attached hydrogens (tertiary/aromatic N) is 6. The quantitative estimate of drug-likeness (QED) is 0.260. The van der Waals surface area contributed by atoms with Crippen LogP contribution in [-0.4, -0.2) is 98.3 Å². The van der Waals surface area contributed by atoms with Gasteiger partial charge in [-0.25, -0.2) is 4.39 Å². The molecule has 1 aliphatic heterocycles. The number of hydrogen-bond donors (Lipinski definition) is 3. The lowest BCUT2D eigenvalue weighted by Crippen LogP contribution is -2.55. The van der Waals surface area contributed by atoms with Crippen LogP contribution in [0.5, 0.6) is 0 Å². The number of likely N-dealkylation sites (N-methyl/N-ethyl adjacent to an activating group) is 1. The van der Waals surface area contributed by atoms with Crippen LogP contribution < -0.4 is 16.0 Å². The standard InChI is InChI=1S/C37H50FN9O4/c1-23(2)46-31(13-15-39-46)35(49)43-33(26-8-5-24(3)6-9-26)36(50)41-29-12-7-25(21-28(29)38)22-30(37(51)45-19-17-44(4)18-20-45)42-34(48)32-14-16-40-47(32)27-10-11-27/h7,12-16,21,23-24,26-27,30,33H,5-6,8-11,17-20,22H2,1-4H3,(H,41,50)(H,42,48)(H,43,49)/t24-,26-,30-,33+/m1/s1. The van der Waals surface area contributed by atoms with E-state index >= 15 is 4.39 Å². The number of rotatable bonds is 12. The first-order chi connectivity index (χ1) is 24.5. The molecule has 51 heavy (non-hydrogen) atoms. The molecule has 2 aromatic heterocycles. The van der Waals surface area contributed by atoms with E-state index in [2.05, 4.69) is 38.0 Å². The molecule has 3 aromatic rings. The zero-order valence-corrected chi connectivity index (χ0v) is 30.0. The summed E-state index contributed by atoms with van der Waals surface area (Å²) in [5, 5.41) is 17.1. The van der Waals surface area contributed by atoms with E-state index in [0.717, 1.165) is 38.5 Å². The Kier molecular flexibility index (Phi) is 11.2. The average molecular weight is 704 g/mol. The molecule has 0 radical (unpaired) electrons. The number of anilines is 1. The number of hydrogen-bond acceptors (Lipinski definition) is 7. The van der Waals surface area contributed by atoms with Gasteiger partial charge in [-0.15, -0.1) is 0 Å². The summed E-state index contributed by atoms with van der Waals surface area (Å²) in [6.07, 6.45) is 8.49. The minimum absolute atomic E-state index is 0.0290. The van der Waals surface area contributed by atoms with Crippen molar-refractivity contribution in [2.24, 2.45) is 11.8 Å². The van der Waals surface area contributed by atoms with Gasteiger partial charge in [0.2, 0.25) is 11.8 Å². The SMILES string of the molecule is CC(C)n1nccc1C(=O)N[C@H](C(=O)Nc1ccc(C[C@@H](NC(=O)c2ccnn2C2CC2)C(=O)N2CCN(C)CC2)cc1F)[C@H]1CC[C@H](C)CC1. The van der Waals surface area contributed by atoms with Crippen molar-refractivity contribution in [3.05, 3.63) is 65.5 Å². The van der Waals surface area contributed by atoms with Gasteiger partial charge in [-0.1, -0.05) is 25.8 Å². The largest absolute Gasteiger partial charge is 0.339 e. The second-order valence-corrected chi connectivity index (χ2v) is 14.8. The molecule has 3 heterocycles. The molecule has 2 saturated carbocycles. The van der Waals surface area contributed by atoms with Gasteiger partial charge in [-0.3, -0.25) is 28.5 Å². The number of benzene rings is 1. The Bertz CT molecular complexity index is 1720. The number of amides is 4. The lowest BCUT2D eigenvalue weighted by molar-refractivity contribution is -0.134. The maximum absolute atomic E-state index is 15.8. The molecule has 3 aliphatic rings. The van der Waals surface area contributed by atoms with Crippen LogP contribution in [0.2, 0.25) is 0 Å². The molecule has 2 atom stereocenters. The lowest BCUT2D eigenvalue weighted by atomic mass is 9.79. The van der Waals surface area contributed by atoms with Gasteiger partial charge in [-0.2, -0.15) is 10.2 Å². The third-order valence-corrected chi connectivity index (χ3v) is 10.4. The van der Waals surface area contributed by atoms with Gasteiger partial charge < -0.3 is 25.8 Å². The topological polar surface area (TPSA) is 146 Å². The minimum Gasteiger partial charge on any atom is -0.339 e. The first kappa shape index (κ1) is 36.2. The van der Waals surface area contributed by atoms with Crippen LogP contribution in [0.4, 0.5) is 10.1 Å². The highest BCUT2D eigenvalue weighted by Gasteiger charge is 2.35. The van der Waals surface area contributed by atoms with Crippen LogP contribution in [0, 0.1) is 17.7 Å². The molecular formula is C37H50FN9O4. The van der Waals surface area contributed by atoms with Crippen molar-refractivity contribution in [2.45, 2.75) is 89.9 Å². The Hall–Kier alpha value is -4.59. The molecule has 1 saturated heterocycles. The smallest absolute Gasteiger partial charge is 0.270 e. The van der Waals surface area contributed by atoms with E-state index < -0.39 is 35.6 Å². The zero-order valence-electron chi connectivity index (χ0n) is 30.0. The third-order valence-electron chi connectivity index (χ3n) is 10.4. The maximum Gasteiger partial charge on any atom is 0.270 e. The van der Waals surface area contributed by atoms with Crippen LogP contribution in [0.25, 0.3) is 0 Å². The minimum atomic E-state index is -0.934. The molecule has 6 rings (SSSR count). The van der Waals surface area contributed by atoms with Gasteiger partial charge in [0.25, 0.3) is 11.8 Å². The zero-order chi connectivity index (χ0) is 36.2. The summed E-state index contributed by atoms with van der Waals surface area (Å²) >= 11 is 0. The second-order valence-electron chi connectivity index (χ2n) is 14.8. The van der Waals surface area contributed by atoms with Crippen molar-refractivity contribution in [1.82, 2.24) is 40.0 Å². The number of carbonyl (C=O) groups is 4. The van der Waals surface area contributed by atoms with Crippen molar-refractivity contribution in [1.29, 1.82) is 0 Å². The summed E-state index contributed by atoms with van der Waals surface area (Å²) in [6.45, 7) is 8.51. The van der Waals surface area contributed by atoms with E-state index in [9.17, 15) is 19.2 Å². The highest BCUT2D eigenvalue weighted by atomic mass is 19.1. The van der Waals surface area contributed by atoms with E-state index in [1.807, 2.05) is 20.9 Å². The number of aromatic nitrogens is 4. The van der Waals surface area contributed by atoms with E-state index in [4.69, 9.17) is 0 Å². The average Bonchev–Trinajstić information content (AvgIpc) is 3.60. The van der Waals surface area contributed by atoms with Gasteiger partial charge in [0.1, 0.15) is 29.3 Å². The highest BCUT2D eigenvalue weighted by Crippen LogP contribution is 2.35. The predicted octanol–water partition coefficient (Wildman–Crippen LogP) is 3.81. The van der Waals surface area contributed by atoms with E-state index in [1.54, 1.807) is 44.9 Å². The summed E-state index contributed by atoms with van der Waals surface area (Å²) in [4.78, 5) is 58.4. The fraction of sp³-hybridized carbons (Fsp3) is 0.568. The Balaban J connectivity index is 1.18. The summed E-state index contributed by atoms with van der Waals surface area (Å²) in [5.74, 6) is -1.79. The molecule has 13 nitrogen and oxygen atoms in total. The molecular weight excluding hydrogens is 653 g/mol. The molecule has 274 valence electrons. The van der Waals surface area contributed by atoms with Crippen LogP contribution in [0.1, 0.15) is 97.9 Å².